The van der Waals surface area contributed by atoms with E-state index in [0.29, 0.717) is 22.8 Å². The number of carbonyl (C=O) groups is 1. The molecule has 0 aliphatic heterocycles. The van der Waals surface area contributed by atoms with E-state index in [9.17, 15) is 14.9 Å². The first kappa shape index (κ1) is 14.0. The highest BCUT2D eigenvalue weighted by atomic mass is 35.5. The molecule has 0 aliphatic rings. The molecule has 0 aliphatic carbocycles. The quantitative estimate of drug-likeness (QED) is 0.482. The summed E-state index contributed by atoms with van der Waals surface area (Å²) in [5.41, 5.74) is 0.654. The summed E-state index contributed by atoms with van der Waals surface area (Å²) in [5.74, 6) is 0.738. The number of aldehydes is 1. The molecular formula is C14H10ClNO4. The van der Waals surface area contributed by atoms with Crippen molar-refractivity contribution in [2.75, 3.05) is 0 Å². The predicted molar refractivity (Wildman–Crippen MR) is 74.7 cm³/mol. The Morgan fingerprint density at radius 3 is 2.65 bits per heavy atom. The molecule has 0 heterocycles. The maximum absolute atomic E-state index is 10.9. The van der Waals surface area contributed by atoms with Gasteiger partial charge in [-0.3, -0.25) is 14.9 Å². The second-order valence-electron chi connectivity index (χ2n) is 4.13. The van der Waals surface area contributed by atoms with Crippen LogP contribution in [0, 0.1) is 17.0 Å². The molecule has 0 saturated heterocycles. The minimum atomic E-state index is -0.618. The molecule has 0 N–H and O–H groups in total. The first-order valence-corrected chi connectivity index (χ1v) is 6.06. The molecule has 2 aromatic carbocycles. The van der Waals surface area contributed by atoms with E-state index in [1.807, 2.05) is 13.0 Å². The van der Waals surface area contributed by atoms with Gasteiger partial charge in [-0.2, -0.15) is 0 Å². The fourth-order valence-electron chi connectivity index (χ4n) is 1.67. The largest absolute Gasteiger partial charge is 0.456 e. The molecule has 20 heavy (non-hydrogen) atoms. The molecule has 0 fully saturated rings. The zero-order chi connectivity index (χ0) is 14.7. The Kier molecular flexibility index (Phi) is 4.00. The van der Waals surface area contributed by atoms with E-state index < -0.39 is 4.92 Å². The highest BCUT2D eigenvalue weighted by Crippen LogP contribution is 2.32. The Bertz CT molecular complexity index is 685. The van der Waals surface area contributed by atoms with Gasteiger partial charge in [0.1, 0.15) is 11.5 Å². The van der Waals surface area contributed by atoms with Gasteiger partial charge in [0.25, 0.3) is 5.69 Å². The van der Waals surface area contributed by atoms with Gasteiger partial charge in [-0.1, -0.05) is 17.7 Å². The third kappa shape index (κ3) is 2.95. The van der Waals surface area contributed by atoms with E-state index in [1.165, 1.54) is 18.2 Å². The molecule has 2 aromatic rings. The average Bonchev–Trinajstić information content (AvgIpc) is 2.42. The van der Waals surface area contributed by atoms with Crippen LogP contribution in [-0.2, 0) is 0 Å². The molecule has 0 bridgehead atoms. The lowest BCUT2D eigenvalue weighted by Gasteiger charge is -2.08. The fourth-order valence-corrected chi connectivity index (χ4v) is 1.83. The summed E-state index contributed by atoms with van der Waals surface area (Å²) in [5, 5.41) is 11.2. The normalized spacial score (nSPS) is 10.1. The molecular weight excluding hydrogens is 282 g/mol. The maximum Gasteiger partial charge on any atom is 0.280 e. The summed E-state index contributed by atoms with van der Waals surface area (Å²) in [6.07, 6.45) is 0.419. The molecule has 102 valence electrons. The first-order valence-electron chi connectivity index (χ1n) is 5.69. The van der Waals surface area contributed by atoms with E-state index in [1.54, 1.807) is 12.1 Å². The second-order valence-corrected chi connectivity index (χ2v) is 4.54. The molecule has 0 spiro atoms. The van der Waals surface area contributed by atoms with Crippen LogP contribution >= 0.6 is 11.6 Å². The summed E-state index contributed by atoms with van der Waals surface area (Å²) in [6, 6.07) is 9.22. The highest BCUT2D eigenvalue weighted by molar-refractivity contribution is 6.32. The van der Waals surface area contributed by atoms with Gasteiger partial charge >= 0.3 is 0 Å². The number of rotatable bonds is 4. The zero-order valence-electron chi connectivity index (χ0n) is 10.5. The fraction of sp³-hybridized carbons (Fsp3) is 0.0714. The van der Waals surface area contributed by atoms with Gasteiger partial charge in [0.05, 0.1) is 15.5 Å². The Morgan fingerprint density at radius 2 is 2.00 bits per heavy atom. The number of carbonyl (C=O) groups excluding carboxylic acids is 1. The van der Waals surface area contributed by atoms with Crippen LogP contribution in [0.2, 0.25) is 5.02 Å². The Morgan fingerprint density at radius 1 is 1.25 bits per heavy atom. The number of hydrogen-bond donors (Lipinski definition) is 0. The molecule has 6 heteroatoms. The molecule has 0 aromatic heterocycles. The van der Waals surface area contributed by atoms with Crippen LogP contribution in [0.3, 0.4) is 0 Å². The third-order valence-electron chi connectivity index (χ3n) is 2.64. The Balaban J connectivity index is 2.37. The van der Waals surface area contributed by atoms with Gasteiger partial charge in [0, 0.05) is 6.07 Å². The van der Waals surface area contributed by atoms with Crippen LogP contribution in [0.25, 0.3) is 0 Å². The molecule has 0 atom stereocenters. The number of hydrogen-bond acceptors (Lipinski definition) is 4. The number of nitro benzene ring substituents is 1. The molecule has 5 nitrogen and oxygen atoms in total. The lowest BCUT2D eigenvalue weighted by atomic mass is 10.2. The van der Waals surface area contributed by atoms with E-state index in [2.05, 4.69) is 0 Å². The van der Waals surface area contributed by atoms with Gasteiger partial charge in [0.15, 0.2) is 6.29 Å². The molecule has 2 rings (SSSR count). The monoisotopic (exact) mass is 291 g/mol. The number of nitro groups is 1. The van der Waals surface area contributed by atoms with Crippen molar-refractivity contribution in [3.05, 3.63) is 62.7 Å². The van der Waals surface area contributed by atoms with Crippen LogP contribution in [0.15, 0.2) is 36.4 Å². The van der Waals surface area contributed by atoms with Gasteiger partial charge in [-0.25, -0.2) is 0 Å². The topological polar surface area (TPSA) is 69.4 Å². The van der Waals surface area contributed by atoms with Crippen molar-refractivity contribution in [2.24, 2.45) is 0 Å². The van der Waals surface area contributed by atoms with Gasteiger partial charge in [0.2, 0.25) is 0 Å². The SMILES string of the molecule is Cc1ccc(Cl)c(Oc2ccc([N+](=O)[O-])c(C=O)c2)c1. The average molecular weight is 292 g/mol. The number of aryl methyl sites for hydroxylation is 1. The van der Waals surface area contributed by atoms with Crippen LogP contribution in [-0.4, -0.2) is 11.2 Å². The number of ether oxygens (including phenoxy) is 1. The van der Waals surface area contributed by atoms with Crippen LogP contribution in [0.1, 0.15) is 15.9 Å². The van der Waals surface area contributed by atoms with Gasteiger partial charge in [-0.15, -0.1) is 0 Å². The first-order chi connectivity index (χ1) is 9.51. The van der Waals surface area contributed by atoms with Gasteiger partial charge < -0.3 is 4.74 Å². The minimum absolute atomic E-state index is 0.0451. The summed E-state index contributed by atoms with van der Waals surface area (Å²) in [6.45, 7) is 1.88. The van der Waals surface area contributed by atoms with E-state index >= 15 is 0 Å². The van der Waals surface area contributed by atoms with Crippen LogP contribution in [0.4, 0.5) is 5.69 Å². The highest BCUT2D eigenvalue weighted by Gasteiger charge is 2.14. The third-order valence-corrected chi connectivity index (χ3v) is 2.95. The number of nitrogens with zero attached hydrogens (tertiary/aromatic N) is 1. The summed E-state index contributed by atoms with van der Waals surface area (Å²) in [7, 11) is 0. The molecule has 0 radical (unpaired) electrons. The van der Waals surface area contributed by atoms with Crippen molar-refractivity contribution in [1.82, 2.24) is 0 Å². The second kappa shape index (κ2) is 5.71. The van der Waals surface area contributed by atoms with Crippen molar-refractivity contribution >= 4 is 23.6 Å². The van der Waals surface area contributed by atoms with Crippen molar-refractivity contribution in [3.63, 3.8) is 0 Å². The Hall–Kier alpha value is -2.40. The number of benzene rings is 2. The lowest BCUT2D eigenvalue weighted by molar-refractivity contribution is -0.385. The maximum atomic E-state index is 10.9. The van der Waals surface area contributed by atoms with Crippen molar-refractivity contribution in [3.8, 4) is 11.5 Å². The smallest absolute Gasteiger partial charge is 0.280 e. The summed E-state index contributed by atoms with van der Waals surface area (Å²) in [4.78, 5) is 21.0. The molecule has 0 amide bonds. The summed E-state index contributed by atoms with van der Waals surface area (Å²) < 4.78 is 5.55. The van der Waals surface area contributed by atoms with E-state index in [0.717, 1.165) is 5.56 Å². The summed E-state index contributed by atoms with van der Waals surface area (Å²) >= 11 is 6.00. The van der Waals surface area contributed by atoms with Crippen LogP contribution < -0.4 is 4.74 Å². The lowest BCUT2D eigenvalue weighted by Crippen LogP contribution is -1.95. The van der Waals surface area contributed by atoms with E-state index in [-0.39, 0.29) is 11.3 Å². The predicted octanol–water partition coefficient (Wildman–Crippen LogP) is 4.16. The van der Waals surface area contributed by atoms with Crippen molar-refractivity contribution in [2.45, 2.75) is 6.92 Å². The van der Waals surface area contributed by atoms with Crippen molar-refractivity contribution < 1.29 is 14.5 Å². The molecule has 0 unspecified atom stereocenters. The van der Waals surface area contributed by atoms with Gasteiger partial charge in [-0.05, 0) is 36.8 Å². The number of halogens is 1. The standard InChI is InChI=1S/C14H10ClNO4/c1-9-2-4-12(15)14(6-9)20-11-3-5-13(16(18)19)10(7-11)8-17/h2-8H,1H3. The Labute approximate surface area is 119 Å². The zero-order valence-corrected chi connectivity index (χ0v) is 11.3. The van der Waals surface area contributed by atoms with Crippen LogP contribution in [0.5, 0.6) is 11.5 Å². The van der Waals surface area contributed by atoms with Crippen molar-refractivity contribution in [1.29, 1.82) is 0 Å². The molecule has 0 saturated carbocycles. The van der Waals surface area contributed by atoms with E-state index in [4.69, 9.17) is 16.3 Å². The minimum Gasteiger partial charge on any atom is -0.456 e.